The molecule has 1 aromatic heterocycles. The minimum Gasteiger partial charge on any atom is -0.323 e. The lowest BCUT2D eigenvalue weighted by Crippen LogP contribution is -2.50. The van der Waals surface area contributed by atoms with Gasteiger partial charge in [-0.25, -0.2) is 9.37 Å². The summed E-state index contributed by atoms with van der Waals surface area (Å²) in [6.07, 6.45) is 4.86. The summed E-state index contributed by atoms with van der Waals surface area (Å²) in [4.78, 5) is 16.7. The summed E-state index contributed by atoms with van der Waals surface area (Å²) >= 11 is 0. The van der Waals surface area contributed by atoms with E-state index in [1.54, 1.807) is 0 Å². The van der Waals surface area contributed by atoms with Crippen LogP contribution in [0.3, 0.4) is 0 Å². The van der Waals surface area contributed by atoms with Crippen molar-refractivity contribution >= 4 is 5.91 Å². The maximum Gasteiger partial charge on any atom is 0.258 e. The number of pyridine rings is 1. The van der Waals surface area contributed by atoms with Crippen LogP contribution in [-0.2, 0) is 0 Å². The number of carbonyl (C=O) groups is 1. The fourth-order valence-electron chi connectivity index (χ4n) is 2.62. The molecule has 0 aliphatic heterocycles. The van der Waals surface area contributed by atoms with Crippen molar-refractivity contribution < 1.29 is 13.6 Å². The van der Waals surface area contributed by atoms with E-state index in [2.05, 4.69) is 11.1 Å². The molecule has 4 nitrogen and oxygen atoms in total. The molecule has 106 valence electrons. The van der Waals surface area contributed by atoms with Crippen LogP contribution in [0.5, 0.6) is 0 Å². The van der Waals surface area contributed by atoms with Gasteiger partial charge in [-0.15, -0.1) is 0 Å². The molecule has 1 aliphatic rings. The van der Waals surface area contributed by atoms with E-state index in [0.29, 0.717) is 12.8 Å². The molecule has 0 spiro atoms. The maximum absolute atomic E-state index is 13.6. The molecule has 6 heteroatoms. The molecule has 0 radical (unpaired) electrons. The Hall–Kier alpha value is -2.03. The first-order valence-corrected chi connectivity index (χ1v) is 6.51. The summed E-state index contributed by atoms with van der Waals surface area (Å²) in [6, 6.07) is 3.31. The fourth-order valence-corrected chi connectivity index (χ4v) is 2.62. The highest BCUT2D eigenvalue weighted by atomic mass is 19.2. The Kier molecular flexibility index (Phi) is 3.98. The average molecular weight is 279 g/mol. The largest absolute Gasteiger partial charge is 0.323 e. The highest BCUT2D eigenvalue weighted by Crippen LogP contribution is 2.33. The second-order valence-electron chi connectivity index (χ2n) is 5.03. The van der Waals surface area contributed by atoms with Gasteiger partial charge in [0.1, 0.15) is 5.54 Å². The zero-order chi connectivity index (χ0) is 14.8. The van der Waals surface area contributed by atoms with Gasteiger partial charge in [0, 0.05) is 13.2 Å². The minimum atomic E-state index is -1.31. The summed E-state index contributed by atoms with van der Waals surface area (Å²) in [5.41, 5.74) is -1.32. The Morgan fingerprint density at radius 1 is 1.40 bits per heavy atom. The van der Waals surface area contributed by atoms with Crippen molar-refractivity contribution in [3.8, 4) is 6.07 Å². The van der Waals surface area contributed by atoms with Gasteiger partial charge in [0.25, 0.3) is 5.91 Å². The molecular formula is C14H15F2N3O. The molecule has 1 aromatic rings. The Balaban J connectivity index is 2.32. The zero-order valence-corrected chi connectivity index (χ0v) is 11.2. The molecule has 1 aliphatic carbocycles. The van der Waals surface area contributed by atoms with Crippen LogP contribution >= 0.6 is 0 Å². The van der Waals surface area contributed by atoms with Gasteiger partial charge in [-0.2, -0.15) is 9.65 Å². The van der Waals surface area contributed by atoms with Crippen LogP contribution in [0, 0.1) is 23.1 Å². The molecule has 1 fully saturated rings. The SMILES string of the molecule is CN(C(=O)c1ccnc(F)c1F)C1(C#N)CCCCC1. The number of hydrogen-bond acceptors (Lipinski definition) is 3. The van der Waals surface area contributed by atoms with Gasteiger partial charge in [-0.05, 0) is 18.9 Å². The lowest BCUT2D eigenvalue weighted by molar-refractivity contribution is 0.0583. The molecule has 20 heavy (non-hydrogen) atoms. The van der Waals surface area contributed by atoms with Crippen molar-refractivity contribution in [2.75, 3.05) is 7.05 Å². The van der Waals surface area contributed by atoms with Crippen LogP contribution in [0.15, 0.2) is 12.3 Å². The third-order valence-corrected chi connectivity index (χ3v) is 3.91. The van der Waals surface area contributed by atoms with E-state index in [4.69, 9.17) is 0 Å². The highest BCUT2D eigenvalue weighted by molar-refractivity contribution is 5.95. The molecule has 1 heterocycles. The number of rotatable bonds is 2. The van der Waals surface area contributed by atoms with Crippen LogP contribution in [0.2, 0.25) is 0 Å². The Labute approximate surface area is 116 Å². The van der Waals surface area contributed by atoms with Crippen LogP contribution in [0.1, 0.15) is 42.5 Å². The molecule has 0 unspecified atom stereocenters. The number of nitriles is 1. The predicted octanol–water partition coefficient (Wildman–Crippen LogP) is 2.66. The molecule has 0 atom stereocenters. The highest BCUT2D eigenvalue weighted by Gasteiger charge is 2.39. The average Bonchev–Trinajstić information content (AvgIpc) is 2.49. The van der Waals surface area contributed by atoms with Crippen molar-refractivity contribution in [1.82, 2.24) is 9.88 Å². The van der Waals surface area contributed by atoms with Crippen molar-refractivity contribution in [3.05, 3.63) is 29.6 Å². The normalized spacial score (nSPS) is 17.3. The lowest BCUT2D eigenvalue weighted by atomic mass is 9.81. The number of halogens is 2. The molecule has 0 aromatic carbocycles. The van der Waals surface area contributed by atoms with Crippen molar-refractivity contribution in [2.24, 2.45) is 0 Å². The van der Waals surface area contributed by atoms with E-state index in [0.717, 1.165) is 31.5 Å². The lowest BCUT2D eigenvalue weighted by Gasteiger charge is -2.39. The van der Waals surface area contributed by atoms with Crippen LogP contribution in [0.25, 0.3) is 0 Å². The second kappa shape index (κ2) is 5.53. The molecule has 0 bridgehead atoms. The van der Waals surface area contributed by atoms with E-state index in [9.17, 15) is 18.8 Å². The van der Waals surface area contributed by atoms with E-state index in [-0.39, 0.29) is 5.56 Å². The molecule has 1 amide bonds. The van der Waals surface area contributed by atoms with Gasteiger partial charge in [-0.1, -0.05) is 19.3 Å². The monoisotopic (exact) mass is 279 g/mol. The van der Waals surface area contributed by atoms with E-state index >= 15 is 0 Å². The molecule has 2 rings (SSSR count). The predicted molar refractivity (Wildman–Crippen MR) is 67.7 cm³/mol. The number of carbonyl (C=O) groups excluding carboxylic acids is 1. The van der Waals surface area contributed by atoms with E-state index < -0.39 is 23.2 Å². The molecule has 0 N–H and O–H groups in total. The summed E-state index contributed by atoms with van der Waals surface area (Å²) in [6.45, 7) is 0. The number of nitrogens with zero attached hydrogens (tertiary/aromatic N) is 3. The van der Waals surface area contributed by atoms with Gasteiger partial charge in [0.05, 0.1) is 11.6 Å². The van der Waals surface area contributed by atoms with Crippen LogP contribution < -0.4 is 0 Å². The van der Waals surface area contributed by atoms with Gasteiger partial charge in [0.15, 0.2) is 5.82 Å². The van der Waals surface area contributed by atoms with Crippen molar-refractivity contribution in [2.45, 2.75) is 37.6 Å². The number of hydrogen-bond donors (Lipinski definition) is 0. The first kappa shape index (κ1) is 14.4. The third kappa shape index (κ3) is 2.36. The van der Waals surface area contributed by atoms with Gasteiger partial charge >= 0.3 is 0 Å². The van der Waals surface area contributed by atoms with Crippen molar-refractivity contribution in [3.63, 3.8) is 0 Å². The maximum atomic E-state index is 13.6. The topological polar surface area (TPSA) is 57.0 Å². The zero-order valence-electron chi connectivity index (χ0n) is 11.2. The van der Waals surface area contributed by atoms with Gasteiger partial charge < -0.3 is 4.90 Å². The van der Waals surface area contributed by atoms with Gasteiger partial charge in [-0.3, -0.25) is 4.79 Å². The van der Waals surface area contributed by atoms with Gasteiger partial charge in [0.2, 0.25) is 5.95 Å². The number of aromatic nitrogens is 1. The summed E-state index contributed by atoms with van der Waals surface area (Å²) < 4.78 is 26.7. The third-order valence-electron chi connectivity index (χ3n) is 3.91. The van der Waals surface area contributed by atoms with Crippen LogP contribution in [0.4, 0.5) is 8.78 Å². The molecule has 1 saturated carbocycles. The number of amides is 1. The molecular weight excluding hydrogens is 264 g/mol. The summed E-state index contributed by atoms with van der Waals surface area (Å²) in [5, 5.41) is 9.41. The van der Waals surface area contributed by atoms with Crippen LogP contribution in [-0.4, -0.2) is 28.4 Å². The smallest absolute Gasteiger partial charge is 0.258 e. The quantitative estimate of drug-likeness (QED) is 0.782. The van der Waals surface area contributed by atoms with E-state index in [1.165, 1.54) is 11.9 Å². The Morgan fingerprint density at radius 3 is 2.65 bits per heavy atom. The summed E-state index contributed by atoms with van der Waals surface area (Å²) in [5.74, 6) is -3.26. The first-order chi connectivity index (χ1) is 9.52. The first-order valence-electron chi connectivity index (χ1n) is 6.51. The fraction of sp³-hybridized carbons (Fsp3) is 0.500. The summed E-state index contributed by atoms with van der Waals surface area (Å²) in [7, 11) is 1.47. The minimum absolute atomic E-state index is 0.389. The van der Waals surface area contributed by atoms with Crippen molar-refractivity contribution in [1.29, 1.82) is 5.26 Å². The van der Waals surface area contributed by atoms with E-state index in [1.807, 2.05) is 0 Å². The standard InChI is InChI=1S/C14H15F2N3O/c1-19(14(9-17)6-3-2-4-7-14)13(20)10-5-8-18-12(16)11(10)15/h5,8H,2-4,6-7H2,1H3. The molecule has 0 saturated heterocycles. The Morgan fingerprint density at radius 2 is 2.05 bits per heavy atom. The second-order valence-corrected chi connectivity index (χ2v) is 5.03. The Bertz CT molecular complexity index is 562.